The summed E-state index contributed by atoms with van der Waals surface area (Å²) >= 11 is 0. The Balaban J connectivity index is 1.58. The van der Waals surface area contributed by atoms with E-state index in [9.17, 15) is 19.5 Å². The molecule has 2 aliphatic rings. The average molecular weight is 331 g/mol. The van der Waals surface area contributed by atoms with Crippen LogP contribution in [-0.4, -0.2) is 47.4 Å². The van der Waals surface area contributed by atoms with Crippen molar-refractivity contribution < 1.29 is 24.2 Å². The molecule has 2 fully saturated rings. The van der Waals surface area contributed by atoms with Gasteiger partial charge >= 0.3 is 5.97 Å². The fraction of sp³-hybridized carbons (Fsp3) is 0.500. The molecule has 0 aromatic heterocycles. The van der Waals surface area contributed by atoms with Crippen LogP contribution in [0.3, 0.4) is 0 Å². The molecule has 128 valence electrons. The minimum absolute atomic E-state index is 0.0625. The van der Waals surface area contributed by atoms with E-state index in [0.29, 0.717) is 23.8 Å². The molecule has 24 heavy (non-hydrogen) atoms. The molecular weight excluding hydrogens is 310 g/mol. The molecule has 2 atom stereocenters. The van der Waals surface area contributed by atoms with Gasteiger partial charge in [-0.25, -0.2) is 0 Å². The van der Waals surface area contributed by atoms with Gasteiger partial charge < -0.3 is 14.7 Å². The van der Waals surface area contributed by atoms with Crippen molar-refractivity contribution in [1.29, 1.82) is 0 Å². The van der Waals surface area contributed by atoms with Crippen molar-refractivity contribution in [2.45, 2.75) is 19.8 Å². The number of carbonyl (C=O) groups is 3. The predicted octanol–water partition coefficient (Wildman–Crippen LogP) is 1.84. The maximum Gasteiger partial charge on any atom is 0.308 e. The van der Waals surface area contributed by atoms with Crippen LogP contribution in [-0.2, 0) is 9.59 Å². The topological polar surface area (TPSA) is 83.9 Å². The van der Waals surface area contributed by atoms with Crippen LogP contribution in [0.4, 0.5) is 0 Å². The highest BCUT2D eigenvalue weighted by atomic mass is 16.5. The van der Waals surface area contributed by atoms with E-state index >= 15 is 0 Å². The van der Waals surface area contributed by atoms with Crippen molar-refractivity contribution >= 4 is 17.7 Å². The van der Waals surface area contributed by atoms with Crippen LogP contribution in [0.25, 0.3) is 0 Å². The van der Waals surface area contributed by atoms with Gasteiger partial charge in [-0.1, -0.05) is 12.1 Å². The number of ether oxygens (including phenoxy) is 1. The van der Waals surface area contributed by atoms with Gasteiger partial charge in [-0.05, 0) is 43.7 Å². The first-order valence-corrected chi connectivity index (χ1v) is 8.20. The Morgan fingerprint density at radius 3 is 2.62 bits per heavy atom. The molecule has 0 radical (unpaired) electrons. The highest BCUT2D eigenvalue weighted by molar-refractivity contribution is 5.94. The molecule has 0 bridgehead atoms. The number of ketones is 1. The minimum atomic E-state index is -0.822. The van der Waals surface area contributed by atoms with Crippen molar-refractivity contribution in [1.82, 2.24) is 4.90 Å². The SMILES string of the molecule is CC(=O)c1cccc(OCC(=O)N2C[C@H](C(=O)O)[C@@H](C3CC3)C2)c1. The molecule has 3 rings (SSSR count). The predicted molar refractivity (Wildman–Crippen MR) is 85.9 cm³/mol. The van der Waals surface area contributed by atoms with Crippen LogP contribution in [0.5, 0.6) is 5.75 Å². The second-order valence-corrected chi connectivity index (χ2v) is 6.62. The number of amides is 1. The molecule has 6 nitrogen and oxygen atoms in total. The summed E-state index contributed by atoms with van der Waals surface area (Å²) in [6.45, 7) is 2.08. The molecule has 0 unspecified atom stereocenters. The summed E-state index contributed by atoms with van der Waals surface area (Å²) in [7, 11) is 0. The summed E-state index contributed by atoms with van der Waals surface area (Å²) in [4.78, 5) is 36.7. The molecule has 1 heterocycles. The van der Waals surface area contributed by atoms with Crippen LogP contribution >= 0.6 is 0 Å². The fourth-order valence-electron chi connectivity index (χ4n) is 3.34. The Kier molecular flexibility index (Phi) is 4.55. The molecule has 0 spiro atoms. The van der Waals surface area contributed by atoms with E-state index in [1.165, 1.54) is 6.92 Å². The molecule has 1 amide bonds. The zero-order valence-corrected chi connectivity index (χ0v) is 13.6. The molecule has 6 heteroatoms. The van der Waals surface area contributed by atoms with Crippen LogP contribution in [0.2, 0.25) is 0 Å². The van der Waals surface area contributed by atoms with Crippen molar-refractivity contribution in [2.24, 2.45) is 17.8 Å². The number of hydrogen-bond donors (Lipinski definition) is 1. The maximum absolute atomic E-state index is 12.3. The Bertz CT molecular complexity index is 667. The molecule has 1 N–H and O–H groups in total. The summed E-state index contributed by atoms with van der Waals surface area (Å²) in [6.07, 6.45) is 2.12. The monoisotopic (exact) mass is 331 g/mol. The number of carboxylic acids is 1. The van der Waals surface area contributed by atoms with Crippen molar-refractivity contribution in [3.63, 3.8) is 0 Å². The molecule has 1 aromatic rings. The van der Waals surface area contributed by atoms with Crippen molar-refractivity contribution in [3.8, 4) is 5.75 Å². The largest absolute Gasteiger partial charge is 0.484 e. The molecule has 1 aromatic carbocycles. The van der Waals surface area contributed by atoms with E-state index in [1.54, 1.807) is 29.2 Å². The van der Waals surface area contributed by atoms with Gasteiger partial charge in [0.05, 0.1) is 5.92 Å². The van der Waals surface area contributed by atoms with Crippen molar-refractivity contribution in [3.05, 3.63) is 29.8 Å². The Labute approximate surface area is 140 Å². The zero-order chi connectivity index (χ0) is 17.3. The number of Topliss-reactive ketones (excluding diaryl/α,β-unsaturated/α-hetero) is 1. The highest BCUT2D eigenvalue weighted by Crippen LogP contribution is 2.44. The number of nitrogens with zero attached hydrogens (tertiary/aromatic N) is 1. The first-order valence-electron chi connectivity index (χ1n) is 8.20. The van der Waals surface area contributed by atoms with Crippen LogP contribution in [0, 0.1) is 17.8 Å². The zero-order valence-electron chi connectivity index (χ0n) is 13.6. The number of rotatable bonds is 6. The molecule has 1 aliphatic heterocycles. The second kappa shape index (κ2) is 6.63. The summed E-state index contributed by atoms with van der Waals surface area (Å²) in [5.41, 5.74) is 0.529. The lowest BCUT2D eigenvalue weighted by Crippen LogP contribution is -2.33. The van der Waals surface area contributed by atoms with E-state index in [1.807, 2.05) is 0 Å². The normalized spacial score (nSPS) is 23.1. The number of aliphatic carboxylic acids is 1. The van der Waals surface area contributed by atoms with E-state index in [0.717, 1.165) is 12.8 Å². The lowest BCUT2D eigenvalue weighted by molar-refractivity contribution is -0.142. The third-order valence-corrected chi connectivity index (χ3v) is 4.87. The number of carbonyl (C=O) groups excluding carboxylic acids is 2. The summed E-state index contributed by atoms with van der Waals surface area (Å²) < 4.78 is 5.49. The number of carboxylic acid groups (broad SMARTS) is 1. The van der Waals surface area contributed by atoms with E-state index in [4.69, 9.17) is 4.74 Å². The van der Waals surface area contributed by atoms with Gasteiger partial charge in [-0.15, -0.1) is 0 Å². The van der Waals surface area contributed by atoms with Crippen LogP contribution in [0.15, 0.2) is 24.3 Å². The first kappa shape index (κ1) is 16.5. The lowest BCUT2D eigenvalue weighted by Gasteiger charge is -2.16. The molecular formula is C18H21NO5. The van der Waals surface area contributed by atoms with Gasteiger partial charge in [0, 0.05) is 18.7 Å². The minimum Gasteiger partial charge on any atom is -0.484 e. The van der Waals surface area contributed by atoms with Gasteiger partial charge in [-0.3, -0.25) is 14.4 Å². The van der Waals surface area contributed by atoms with E-state index < -0.39 is 11.9 Å². The van der Waals surface area contributed by atoms with Crippen LogP contribution < -0.4 is 4.74 Å². The molecule has 1 saturated carbocycles. The highest BCUT2D eigenvalue weighted by Gasteiger charge is 2.46. The van der Waals surface area contributed by atoms with E-state index in [2.05, 4.69) is 0 Å². The Morgan fingerprint density at radius 1 is 1.25 bits per heavy atom. The summed E-state index contributed by atoms with van der Waals surface area (Å²) in [6, 6.07) is 6.69. The van der Waals surface area contributed by atoms with Crippen molar-refractivity contribution in [2.75, 3.05) is 19.7 Å². The van der Waals surface area contributed by atoms with Gasteiger partial charge in [0.1, 0.15) is 5.75 Å². The Hall–Kier alpha value is -2.37. The van der Waals surface area contributed by atoms with Gasteiger partial charge in [0.25, 0.3) is 5.91 Å². The van der Waals surface area contributed by atoms with Gasteiger partial charge in [-0.2, -0.15) is 0 Å². The number of hydrogen-bond acceptors (Lipinski definition) is 4. The standard InChI is InChI=1S/C18H21NO5/c1-11(20)13-3-2-4-14(7-13)24-10-17(21)19-8-15(12-5-6-12)16(9-19)18(22)23/h2-4,7,12,15-16H,5-6,8-10H2,1H3,(H,22,23)/t15-,16+/m1/s1. The van der Waals surface area contributed by atoms with Crippen LogP contribution in [0.1, 0.15) is 30.1 Å². The summed E-state index contributed by atoms with van der Waals surface area (Å²) in [5, 5.41) is 9.35. The molecule has 1 aliphatic carbocycles. The second-order valence-electron chi connectivity index (χ2n) is 6.62. The third-order valence-electron chi connectivity index (χ3n) is 4.87. The van der Waals surface area contributed by atoms with Gasteiger partial charge in [0.2, 0.25) is 0 Å². The lowest BCUT2D eigenvalue weighted by atomic mass is 9.92. The smallest absolute Gasteiger partial charge is 0.308 e. The van der Waals surface area contributed by atoms with Gasteiger partial charge in [0.15, 0.2) is 12.4 Å². The maximum atomic E-state index is 12.3. The number of benzene rings is 1. The first-order chi connectivity index (χ1) is 11.5. The average Bonchev–Trinajstić information content (AvgIpc) is 3.30. The fourth-order valence-corrected chi connectivity index (χ4v) is 3.34. The Morgan fingerprint density at radius 2 is 2.00 bits per heavy atom. The third kappa shape index (κ3) is 3.58. The number of likely N-dealkylation sites (tertiary alicyclic amines) is 1. The quantitative estimate of drug-likeness (QED) is 0.804. The summed E-state index contributed by atoms with van der Waals surface area (Å²) in [5.74, 6) is -0.603. The van der Waals surface area contributed by atoms with E-state index in [-0.39, 0.29) is 30.8 Å². The molecule has 1 saturated heterocycles.